The molecule has 7 nitrogen and oxygen atoms in total. The standard InChI is InChI=1S/C31H38O7/c1-17-22(33)16-21-27(37-19(3)32)31-18(2)23(38-24(34)13-12-20-10-8-7-9-11-20)14-15-29(31,6)25(35)26(36)30(17,31)28(21,4)5/h7-13,17,21,23,25-27,35-36H,2,14-16H2,1,3-6H3/b13-12+/t17-,21+,23+,25+,26+,27-,29+,30+,31-/m1/s1. The second-order valence-electron chi connectivity index (χ2n) is 12.5. The van der Waals surface area contributed by atoms with Crippen LogP contribution in [0.1, 0.15) is 59.4 Å². The summed E-state index contributed by atoms with van der Waals surface area (Å²) in [5.74, 6) is -2.09. The molecule has 2 spiro atoms. The predicted octanol–water partition coefficient (Wildman–Crippen LogP) is 3.87. The lowest BCUT2D eigenvalue weighted by atomic mass is 9.42. The largest absolute Gasteiger partial charge is 0.461 e. The van der Waals surface area contributed by atoms with Crippen molar-refractivity contribution >= 4 is 23.8 Å². The highest BCUT2D eigenvalue weighted by Gasteiger charge is 2.90. The maximum Gasteiger partial charge on any atom is 0.331 e. The first kappa shape index (κ1) is 26.8. The Labute approximate surface area is 223 Å². The number of carbonyl (C=O) groups is 3. The summed E-state index contributed by atoms with van der Waals surface area (Å²) in [7, 11) is 0. The van der Waals surface area contributed by atoms with Crippen LogP contribution in [-0.4, -0.2) is 52.4 Å². The third-order valence-corrected chi connectivity index (χ3v) is 10.9. The molecule has 0 amide bonds. The van der Waals surface area contributed by atoms with E-state index < -0.39 is 63.9 Å². The van der Waals surface area contributed by atoms with Crippen LogP contribution in [-0.2, 0) is 23.9 Å². The number of benzene rings is 1. The van der Waals surface area contributed by atoms with Gasteiger partial charge in [-0.05, 0) is 35.5 Å². The van der Waals surface area contributed by atoms with Crippen molar-refractivity contribution in [2.45, 2.75) is 78.3 Å². The maximum absolute atomic E-state index is 13.5. The van der Waals surface area contributed by atoms with Crippen molar-refractivity contribution in [3.63, 3.8) is 0 Å². The van der Waals surface area contributed by atoms with E-state index in [-0.39, 0.29) is 18.1 Å². The number of hydrogen-bond donors (Lipinski definition) is 2. The first-order chi connectivity index (χ1) is 17.8. The maximum atomic E-state index is 13.5. The summed E-state index contributed by atoms with van der Waals surface area (Å²) < 4.78 is 12.1. The number of aliphatic hydroxyl groups is 2. The number of esters is 2. The van der Waals surface area contributed by atoms with Gasteiger partial charge < -0.3 is 19.7 Å². The minimum Gasteiger partial charge on any atom is -0.461 e. The highest BCUT2D eigenvalue weighted by atomic mass is 16.6. The number of ketones is 1. The second kappa shape index (κ2) is 8.62. The molecule has 4 saturated carbocycles. The molecule has 4 aliphatic carbocycles. The van der Waals surface area contributed by atoms with Gasteiger partial charge in [0, 0.05) is 47.5 Å². The molecular formula is C31H38O7. The van der Waals surface area contributed by atoms with Gasteiger partial charge in [-0.2, -0.15) is 0 Å². The summed E-state index contributed by atoms with van der Waals surface area (Å²) in [5, 5.41) is 23.6. The van der Waals surface area contributed by atoms with Gasteiger partial charge in [0.25, 0.3) is 0 Å². The minimum atomic E-state index is -1.26. The molecule has 0 saturated heterocycles. The van der Waals surface area contributed by atoms with Gasteiger partial charge in [0.1, 0.15) is 18.0 Å². The fraction of sp³-hybridized carbons (Fsp3) is 0.581. The van der Waals surface area contributed by atoms with Crippen LogP contribution in [0.5, 0.6) is 0 Å². The van der Waals surface area contributed by atoms with Crippen molar-refractivity contribution in [2.24, 2.45) is 33.5 Å². The van der Waals surface area contributed by atoms with Crippen LogP contribution in [0.2, 0.25) is 0 Å². The van der Waals surface area contributed by atoms with Gasteiger partial charge in [-0.25, -0.2) is 4.79 Å². The van der Waals surface area contributed by atoms with Crippen molar-refractivity contribution in [2.75, 3.05) is 0 Å². The molecule has 4 fully saturated rings. The monoisotopic (exact) mass is 522 g/mol. The summed E-state index contributed by atoms with van der Waals surface area (Å²) in [6, 6.07) is 9.40. The Hall–Kier alpha value is -2.77. The number of fused-ring (bicyclic) bond motifs is 1. The zero-order valence-electron chi connectivity index (χ0n) is 22.8. The van der Waals surface area contributed by atoms with Crippen molar-refractivity contribution in [1.82, 2.24) is 0 Å². The zero-order valence-corrected chi connectivity index (χ0v) is 22.8. The minimum absolute atomic E-state index is 0.0310. The van der Waals surface area contributed by atoms with Gasteiger partial charge in [0.05, 0.1) is 12.2 Å². The van der Waals surface area contributed by atoms with Crippen LogP contribution in [0.15, 0.2) is 48.6 Å². The fourth-order valence-electron chi connectivity index (χ4n) is 9.55. The van der Waals surface area contributed by atoms with E-state index in [4.69, 9.17) is 9.47 Å². The SMILES string of the molecule is C=C1[C@@H](OC(=O)/C=C/c2ccccc2)CC[C@@]2(C)[C@@H](O)[C@H](O)[C@]34[C@H](C)C(=O)C[C@@H]([C@@H](OC(C)=O)[C@@]132)C4(C)C. The lowest BCUT2D eigenvalue weighted by molar-refractivity contribution is -0.180. The number of rotatable bonds is 4. The average molecular weight is 523 g/mol. The van der Waals surface area contributed by atoms with Gasteiger partial charge in [0.15, 0.2) is 0 Å². The van der Waals surface area contributed by atoms with Crippen molar-refractivity contribution in [3.05, 3.63) is 54.1 Å². The molecule has 204 valence electrons. The van der Waals surface area contributed by atoms with Crippen molar-refractivity contribution < 1.29 is 34.1 Å². The highest BCUT2D eigenvalue weighted by molar-refractivity contribution is 5.88. The zero-order chi connectivity index (χ0) is 27.8. The number of Topliss-reactive ketones (excluding diaryl/α,β-unsaturated/α-hetero) is 1. The normalized spacial score (nSPS) is 43.0. The third-order valence-electron chi connectivity index (χ3n) is 10.9. The van der Waals surface area contributed by atoms with E-state index in [1.807, 2.05) is 58.0 Å². The number of aliphatic hydroxyl groups excluding tert-OH is 2. The molecule has 0 aliphatic heterocycles. The Kier molecular flexibility index (Phi) is 6.08. The highest BCUT2D eigenvalue weighted by Crippen LogP contribution is 2.86. The molecule has 0 aromatic heterocycles. The summed E-state index contributed by atoms with van der Waals surface area (Å²) in [6.07, 6.45) is 0.0520. The van der Waals surface area contributed by atoms with E-state index >= 15 is 0 Å². The van der Waals surface area contributed by atoms with E-state index in [0.29, 0.717) is 18.4 Å². The van der Waals surface area contributed by atoms with Crippen LogP contribution in [0.3, 0.4) is 0 Å². The second-order valence-corrected chi connectivity index (χ2v) is 12.5. The molecule has 9 atom stereocenters. The molecular weight excluding hydrogens is 484 g/mol. The van der Waals surface area contributed by atoms with Crippen LogP contribution < -0.4 is 0 Å². The van der Waals surface area contributed by atoms with Crippen LogP contribution in [0.4, 0.5) is 0 Å². The number of hydrogen-bond acceptors (Lipinski definition) is 7. The molecule has 0 heterocycles. The molecule has 0 unspecified atom stereocenters. The number of ether oxygens (including phenoxy) is 2. The molecule has 5 rings (SSSR count). The number of carbonyl (C=O) groups excluding carboxylic acids is 3. The molecule has 38 heavy (non-hydrogen) atoms. The topological polar surface area (TPSA) is 110 Å². The Bertz CT molecular complexity index is 1220. The quantitative estimate of drug-likeness (QED) is 0.351. The van der Waals surface area contributed by atoms with Crippen LogP contribution in [0, 0.1) is 33.5 Å². The summed E-state index contributed by atoms with van der Waals surface area (Å²) >= 11 is 0. The van der Waals surface area contributed by atoms with Crippen LogP contribution in [0.25, 0.3) is 6.08 Å². The molecule has 4 aliphatic rings. The molecule has 1 aromatic carbocycles. The first-order valence-electron chi connectivity index (χ1n) is 13.5. The van der Waals surface area contributed by atoms with E-state index in [0.717, 1.165) is 5.56 Å². The van der Waals surface area contributed by atoms with Gasteiger partial charge in [-0.1, -0.05) is 64.6 Å². The van der Waals surface area contributed by atoms with Crippen molar-refractivity contribution in [3.8, 4) is 0 Å². The Morgan fingerprint density at radius 1 is 1.08 bits per heavy atom. The molecule has 1 aromatic rings. The van der Waals surface area contributed by atoms with Gasteiger partial charge >= 0.3 is 11.9 Å². The molecule has 0 radical (unpaired) electrons. The van der Waals surface area contributed by atoms with E-state index in [9.17, 15) is 24.6 Å². The lowest BCUT2D eigenvalue weighted by Gasteiger charge is -2.60. The van der Waals surface area contributed by atoms with Gasteiger partial charge in [-0.3, -0.25) is 9.59 Å². The van der Waals surface area contributed by atoms with Gasteiger partial charge in [0.2, 0.25) is 0 Å². The van der Waals surface area contributed by atoms with Crippen LogP contribution >= 0.6 is 0 Å². The summed E-state index contributed by atoms with van der Waals surface area (Å²) in [5.41, 5.74) is -2.65. The van der Waals surface area contributed by atoms with E-state index in [2.05, 4.69) is 6.58 Å². The van der Waals surface area contributed by atoms with Gasteiger partial charge in [-0.15, -0.1) is 0 Å². The van der Waals surface area contributed by atoms with Crippen molar-refractivity contribution in [1.29, 1.82) is 0 Å². The fourth-order valence-corrected chi connectivity index (χ4v) is 9.55. The Morgan fingerprint density at radius 3 is 2.37 bits per heavy atom. The smallest absolute Gasteiger partial charge is 0.331 e. The molecule has 2 N–H and O–H groups in total. The lowest BCUT2D eigenvalue weighted by Crippen LogP contribution is -2.63. The first-order valence-corrected chi connectivity index (χ1v) is 13.5. The summed E-state index contributed by atoms with van der Waals surface area (Å²) in [6.45, 7) is 13.5. The third kappa shape index (κ3) is 3.00. The van der Waals surface area contributed by atoms with E-state index in [1.54, 1.807) is 6.08 Å². The van der Waals surface area contributed by atoms with E-state index in [1.165, 1.54) is 13.0 Å². The predicted molar refractivity (Wildman–Crippen MR) is 140 cm³/mol. The summed E-state index contributed by atoms with van der Waals surface area (Å²) in [4.78, 5) is 38.9. The average Bonchev–Trinajstić information content (AvgIpc) is 3.09. The Morgan fingerprint density at radius 2 is 1.74 bits per heavy atom. The Balaban J connectivity index is 1.64. The molecule has 7 heteroatoms. The molecule has 2 bridgehead atoms.